The lowest BCUT2D eigenvalue weighted by molar-refractivity contribution is -0.384. The zero-order valence-electron chi connectivity index (χ0n) is 11.4. The number of rotatable bonds is 5. The highest BCUT2D eigenvalue weighted by Gasteiger charge is 2.11. The average molecular weight is 291 g/mol. The average Bonchev–Trinajstić information content (AvgIpc) is 2.73. The third kappa shape index (κ3) is 3.71. The molecular weight excluding hydrogens is 274 g/mol. The van der Waals surface area contributed by atoms with Crippen LogP contribution in [0, 0.1) is 17.0 Å². The Morgan fingerprint density at radius 1 is 1.40 bits per heavy atom. The number of nitrogens with two attached hydrogens (primary N) is 1. The smallest absolute Gasteiger partial charge is 0.273 e. The molecule has 1 atom stereocenters. The fourth-order valence-corrected chi connectivity index (χ4v) is 3.07. The number of nitro benzene ring substituents is 1. The zero-order chi connectivity index (χ0) is 14.7. The number of nitro groups is 1. The molecule has 0 radical (unpaired) electrons. The molecule has 1 aromatic carbocycles. The summed E-state index contributed by atoms with van der Waals surface area (Å²) >= 11 is 1.76. The summed E-state index contributed by atoms with van der Waals surface area (Å²) in [5, 5.41) is 14.1. The van der Waals surface area contributed by atoms with E-state index in [1.807, 2.05) is 6.92 Å². The first-order valence-electron chi connectivity index (χ1n) is 6.31. The first kappa shape index (κ1) is 14.3. The zero-order valence-corrected chi connectivity index (χ0v) is 12.2. The van der Waals surface area contributed by atoms with Crippen LogP contribution in [0.5, 0.6) is 0 Å². The predicted octanol–water partition coefficient (Wildman–Crippen LogP) is 3.59. The summed E-state index contributed by atoms with van der Waals surface area (Å²) in [4.78, 5) is 12.9. The van der Waals surface area contributed by atoms with Crippen molar-refractivity contribution in [1.82, 2.24) is 0 Å². The number of hydrogen-bond acceptors (Lipinski definition) is 5. The van der Waals surface area contributed by atoms with Crippen molar-refractivity contribution in [2.75, 3.05) is 11.1 Å². The van der Waals surface area contributed by atoms with E-state index in [2.05, 4.69) is 24.4 Å². The van der Waals surface area contributed by atoms with Gasteiger partial charge in [0.2, 0.25) is 0 Å². The van der Waals surface area contributed by atoms with E-state index < -0.39 is 4.92 Å². The number of aryl methyl sites for hydroxylation is 1. The molecule has 1 unspecified atom stereocenters. The van der Waals surface area contributed by atoms with Crippen LogP contribution < -0.4 is 11.1 Å². The van der Waals surface area contributed by atoms with Gasteiger partial charge in [0.15, 0.2) is 0 Å². The molecule has 0 aliphatic rings. The number of nitrogens with zero attached hydrogens (tertiary/aromatic N) is 1. The molecule has 106 valence electrons. The van der Waals surface area contributed by atoms with E-state index in [0.29, 0.717) is 11.4 Å². The van der Waals surface area contributed by atoms with E-state index in [9.17, 15) is 10.1 Å². The summed E-state index contributed by atoms with van der Waals surface area (Å²) in [7, 11) is 0. The molecule has 0 fully saturated rings. The van der Waals surface area contributed by atoms with E-state index in [1.165, 1.54) is 21.9 Å². The van der Waals surface area contributed by atoms with Crippen molar-refractivity contribution >= 4 is 28.4 Å². The maximum atomic E-state index is 10.8. The summed E-state index contributed by atoms with van der Waals surface area (Å²) in [6.45, 7) is 4.12. The van der Waals surface area contributed by atoms with Crippen molar-refractivity contribution < 1.29 is 4.92 Å². The number of non-ortho nitro benzene ring substituents is 1. The Hall–Kier alpha value is -2.08. The highest BCUT2D eigenvalue weighted by Crippen LogP contribution is 2.24. The molecule has 0 bridgehead atoms. The Bertz CT molecular complexity index is 625. The molecule has 1 aromatic heterocycles. The number of hydrogen-bond donors (Lipinski definition) is 2. The minimum absolute atomic E-state index is 0.00617. The maximum absolute atomic E-state index is 10.8. The summed E-state index contributed by atoms with van der Waals surface area (Å²) in [5.41, 5.74) is 6.76. The summed E-state index contributed by atoms with van der Waals surface area (Å²) in [6.07, 6.45) is 0.876. The number of nitrogen functional groups attached to an aromatic ring is 1. The van der Waals surface area contributed by atoms with Gasteiger partial charge in [-0.2, -0.15) is 0 Å². The van der Waals surface area contributed by atoms with Crippen molar-refractivity contribution in [1.29, 1.82) is 0 Å². The Labute approximate surface area is 121 Å². The van der Waals surface area contributed by atoms with Crippen molar-refractivity contribution in [2.24, 2.45) is 0 Å². The van der Waals surface area contributed by atoms with Crippen LogP contribution in [0.15, 0.2) is 30.3 Å². The van der Waals surface area contributed by atoms with Gasteiger partial charge in [-0.25, -0.2) is 0 Å². The topological polar surface area (TPSA) is 81.2 Å². The second kappa shape index (κ2) is 5.92. The highest BCUT2D eigenvalue weighted by atomic mass is 32.1. The first-order valence-corrected chi connectivity index (χ1v) is 7.12. The van der Waals surface area contributed by atoms with Crippen LogP contribution in [0.3, 0.4) is 0 Å². The Morgan fingerprint density at radius 2 is 2.15 bits per heavy atom. The van der Waals surface area contributed by atoms with Gasteiger partial charge >= 0.3 is 0 Å². The molecule has 0 saturated heterocycles. The van der Waals surface area contributed by atoms with Gasteiger partial charge in [0.25, 0.3) is 5.69 Å². The highest BCUT2D eigenvalue weighted by molar-refractivity contribution is 7.11. The second-order valence-corrected chi connectivity index (χ2v) is 6.20. The van der Waals surface area contributed by atoms with Crippen LogP contribution in [0.1, 0.15) is 16.7 Å². The summed E-state index contributed by atoms with van der Waals surface area (Å²) in [5.74, 6) is 0. The molecule has 5 nitrogen and oxygen atoms in total. The van der Waals surface area contributed by atoms with Gasteiger partial charge in [-0.05, 0) is 32.0 Å². The fourth-order valence-electron chi connectivity index (χ4n) is 2.06. The largest absolute Gasteiger partial charge is 0.398 e. The summed E-state index contributed by atoms with van der Waals surface area (Å²) < 4.78 is 0. The van der Waals surface area contributed by atoms with E-state index >= 15 is 0 Å². The predicted molar refractivity (Wildman–Crippen MR) is 83.4 cm³/mol. The summed E-state index contributed by atoms with van der Waals surface area (Å²) in [6, 6.07) is 8.96. The SMILES string of the molecule is Cc1ccc(CC(C)Nc2cc(N)cc([N+](=O)[O-])c2)s1. The molecule has 0 aliphatic heterocycles. The van der Waals surface area contributed by atoms with Gasteiger partial charge in [0, 0.05) is 45.7 Å². The third-order valence-electron chi connectivity index (χ3n) is 2.87. The Morgan fingerprint density at radius 3 is 2.75 bits per heavy atom. The van der Waals surface area contributed by atoms with Crippen LogP contribution >= 0.6 is 11.3 Å². The molecule has 2 rings (SSSR count). The number of thiophene rings is 1. The molecule has 0 aliphatic carbocycles. The minimum Gasteiger partial charge on any atom is -0.398 e. The van der Waals surface area contributed by atoms with E-state index in [1.54, 1.807) is 17.4 Å². The molecule has 0 spiro atoms. The standard InChI is InChI=1S/C14H17N3O2S/c1-9(5-14-4-3-10(2)20-14)16-12-6-11(15)7-13(8-12)17(18)19/h3-4,6-9,16H,5,15H2,1-2H3. The third-order valence-corrected chi connectivity index (χ3v) is 3.89. The van der Waals surface area contributed by atoms with Crippen LogP contribution in [-0.2, 0) is 6.42 Å². The van der Waals surface area contributed by atoms with Gasteiger partial charge in [0.1, 0.15) is 0 Å². The number of nitrogens with one attached hydrogen (secondary N) is 1. The molecule has 3 N–H and O–H groups in total. The quantitative estimate of drug-likeness (QED) is 0.501. The van der Waals surface area contributed by atoms with Gasteiger partial charge in [-0.3, -0.25) is 10.1 Å². The number of anilines is 2. The monoisotopic (exact) mass is 291 g/mol. The van der Waals surface area contributed by atoms with Crippen molar-refractivity contribution in [2.45, 2.75) is 26.3 Å². The Kier molecular flexibility index (Phi) is 4.24. The van der Waals surface area contributed by atoms with Crippen LogP contribution in [0.2, 0.25) is 0 Å². The molecule has 2 aromatic rings. The Balaban J connectivity index is 2.07. The first-order chi connectivity index (χ1) is 9.44. The lowest BCUT2D eigenvalue weighted by Gasteiger charge is -2.14. The van der Waals surface area contributed by atoms with Gasteiger partial charge in [-0.1, -0.05) is 0 Å². The molecule has 6 heteroatoms. The van der Waals surface area contributed by atoms with E-state index in [4.69, 9.17) is 5.73 Å². The lowest BCUT2D eigenvalue weighted by Crippen LogP contribution is -2.17. The molecule has 0 amide bonds. The van der Waals surface area contributed by atoms with Crippen molar-refractivity contribution in [3.05, 3.63) is 50.2 Å². The molecule has 0 saturated carbocycles. The van der Waals surface area contributed by atoms with Crippen LogP contribution in [0.4, 0.5) is 17.1 Å². The number of benzene rings is 1. The molecule has 1 heterocycles. The second-order valence-electron chi connectivity index (χ2n) is 4.83. The van der Waals surface area contributed by atoms with Crippen LogP contribution in [0.25, 0.3) is 0 Å². The maximum Gasteiger partial charge on any atom is 0.273 e. The van der Waals surface area contributed by atoms with Crippen molar-refractivity contribution in [3.63, 3.8) is 0 Å². The lowest BCUT2D eigenvalue weighted by atomic mass is 10.2. The van der Waals surface area contributed by atoms with Gasteiger partial charge in [0.05, 0.1) is 4.92 Å². The van der Waals surface area contributed by atoms with Crippen LogP contribution in [-0.4, -0.2) is 11.0 Å². The minimum atomic E-state index is -0.436. The normalized spacial score (nSPS) is 12.1. The molecular formula is C14H17N3O2S. The van der Waals surface area contributed by atoms with Gasteiger partial charge < -0.3 is 11.1 Å². The van der Waals surface area contributed by atoms with Crippen molar-refractivity contribution in [3.8, 4) is 0 Å². The fraction of sp³-hybridized carbons (Fsp3) is 0.286. The van der Waals surface area contributed by atoms with E-state index in [-0.39, 0.29) is 11.7 Å². The van der Waals surface area contributed by atoms with E-state index in [0.717, 1.165) is 6.42 Å². The van der Waals surface area contributed by atoms with Gasteiger partial charge in [-0.15, -0.1) is 11.3 Å². The molecule has 20 heavy (non-hydrogen) atoms.